The molecule has 4 heterocycles. The van der Waals surface area contributed by atoms with Crippen molar-refractivity contribution < 1.29 is 94.1 Å². The summed E-state index contributed by atoms with van der Waals surface area (Å²) >= 11 is 0. The van der Waals surface area contributed by atoms with E-state index in [2.05, 4.69) is 0 Å². The van der Waals surface area contributed by atoms with Crippen LogP contribution in [0.4, 0.5) is 0 Å². The molecular weight excluding hydrogens is 716 g/mol. The summed E-state index contributed by atoms with van der Waals surface area (Å²) in [6.07, 6.45) is -24.2. The fourth-order valence-corrected chi connectivity index (χ4v) is 6.30. The van der Waals surface area contributed by atoms with E-state index in [9.17, 15) is 66.1 Å². The molecule has 53 heavy (non-hydrogen) atoms. The van der Waals surface area contributed by atoms with Crippen LogP contribution in [0.5, 0.6) is 28.7 Å². The largest absolute Gasteiger partial charge is 0.508 e. The molecular formula is C33H40O20. The van der Waals surface area contributed by atoms with Crippen LogP contribution in [0.2, 0.25) is 0 Å². The van der Waals surface area contributed by atoms with Crippen LogP contribution < -0.4 is 10.2 Å². The third kappa shape index (κ3) is 7.34. The molecule has 0 amide bonds. The average Bonchev–Trinajstić information content (AvgIpc) is 3.11. The molecule has 20 nitrogen and oxygen atoms in total. The summed E-state index contributed by atoms with van der Waals surface area (Å²) in [5.41, 5.74) is -1.44. The van der Waals surface area contributed by atoms with Crippen LogP contribution in [-0.4, -0.2) is 160 Å². The Kier molecular flexibility index (Phi) is 11.1. The van der Waals surface area contributed by atoms with Gasteiger partial charge in [0, 0.05) is 17.7 Å². The van der Waals surface area contributed by atoms with Crippen molar-refractivity contribution >= 4 is 11.0 Å². The molecule has 0 spiro atoms. The Morgan fingerprint density at radius 2 is 1.28 bits per heavy atom. The smallest absolute Gasteiger partial charge is 0.239 e. The topological polar surface area (TPSA) is 328 Å². The molecule has 0 unspecified atom stereocenters. The van der Waals surface area contributed by atoms with Crippen molar-refractivity contribution in [3.05, 3.63) is 40.6 Å². The number of ether oxygens (including phenoxy) is 6. The van der Waals surface area contributed by atoms with Gasteiger partial charge in [-0.3, -0.25) is 4.79 Å². The SMILES string of the molecule is C[C@@H]1O[C@@H](O[C@@H]2[C@H](O)[C@@H](O)[C@H](OC[C@H]3O[C@@H](Oc4c(-c5ccc(O)c(O)c5)oc5cc(O)cc(O)c5c4=O)[C@H](O)[C@@H](O)[C@@H]3O)O[C@H]2C)[C@@H](O)[C@@H](O)[C@H]1O. The summed E-state index contributed by atoms with van der Waals surface area (Å²) in [7, 11) is 0. The predicted octanol–water partition coefficient (Wildman–Crippen LogP) is -2.84. The Hall–Kier alpha value is -3.87. The van der Waals surface area contributed by atoms with E-state index in [1.807, 2.05) is 0 Å². The highest BCUT2D eigenvalue weighted by Crippen LogP contribution is 2.40. The molecule has 3 aliphatic rings. The van der Waals surface area contributed by atoms with E-state index in [4.69, 9.17) is 32.8 Å². The first-order chi connectivity index (χ1) is 25.0. The van der Waals surface area contributed by atoms with E-state index in [0.717, 1.165) is 24.3 Å². The van der Waals surface area contributed by atoms with Crippen LogP contribution in [0.1, 0.15) is 13.8 Å². The first kappa shape index (κ1) is 38.8. The van der Waals surface area contributed by atoms with Crippen molar-refractivity contribution in [3.8, 4) is 40.1 Å². The second-order valence-electron chi connectivity index (χ2n) is 13.1. The van der Waals surface area contributed by atoms with Gasteiger partial charge in [-0.2, -0.15) is 0 Å². The van der Waals surface area contributed by atoms with E-state index in [-0.39, 0.29) is 11.1 Å². The second-order valence-corrected chi connectivity index (χ2v) is 13.1. The summed E-state index contributed by atoms with van der Waals surface area (Å²) < 4.78 is 39.5. The molecule has 12 N–H and O–H groups in total. The third-order valence-electron chi connectivity index (χ3n) is 9.36. The zero-order valence-electron chi connectivity index (χ0n) is 27.9. The first-order valence-electron chi connectivity index (χ1n) is 16.4. The lowest BCUT2D eigenvalue weighted by Gasteiger charge is -2.46. The van der Waals surface area contributed by atoms with Crippen molar-refractivity contribution in [2.45, 2.75) is 106 Å². The second kappa shape index (κ2) is 15.1. The minimum absolute atomic E-state index is 0.0610. The number of aromatic hydroxyl groups is 4. The maximum Gasteiger partial charge on any atom is 0.239 e. The predicted molar refractivity (Wildman–Crippen MR) is 171 cm³/mol. The molecule has 3 aliphatic heterocycles. The van der Waals surface area contributed by atoms with E-state index in [1.165, 1.54) is 19.9 Å². The Bertz CT molecular complexity index is 1830. The molecule has 1 aromatic heterocycles. The Labute approximate surface area is 298 Å². The lowest BCUT2D eigenvalue weighted by molar-refractivity contribution is -0.357. The number of phenolic OH excluding ortho intramolecular Hbond substituents is 4. The third-order valence-corrected chi connectivity index (χ3v) is 9.36. The molecule has 0 aliphatic carbocycles. The molecule has 0 radical (unpaired) electrons. The molecule has 2 aromatic carbocycles. The van der Waals surface area contributed by atoms with Gasteiger partial charge in [-0.1, -0.05) is 0 Å². The van der Waals surface area contributed by atoms with E-state index < -0.39 is 144 Å². The van der Waals surface area contributed by atoms with E-state index in [0.29, 0.717) is 0 Å². The Morgan fingerprint density at radius 3 is 1.98 bits per heavy atom. The van der Waals surface area contributed by atoms with Gasteiger partial charge in [0.15, 0.2) is 29.8 Å². The minimum atomic E-state index is -2.03. The number of hydrogen-bond donors (Lipinski definition) is 12. The maximum absolute atomic E-state index is 13.7. The van der Waals surface area contributed by atoms with Crippen molar-refractivity contribution in [2.24, 2.45) is 0 Å². The number of rotatable bonds is 8. The van der Waals surface area contributed by atoms with Gasteiger partial charge in [0.2, 0.25) is 17.5 Å². The fraction of sp³-hybridized carbons (Fsp3) is 0.545. The fourth-order valence-electron chi connectivity index (χ4n) is 6.30. The summed E-state index contributed by atoms with van der Waals surface area (Å²) in [6.45, 7) is 2.16. The zero-order chi connectivity index (χ0) is 38.6. The maximum atomic E-state index is 13.7. The van der Waals surface area contributed by atoms with E-state index in [1.54, 1.807) is 0 Å². The quantitative estimate of drug-likeness (QED) is 0.103. The molecule has 15 atom stereocenters. The highest BCUT2D eigenvalue weighted by Gasteiger charge is 2.51. The standard InChI is InChI=1S/C33H40O20/c1-9-19(38)22(41)25(44)32(48-9)52-28-10(2)49-31(27(46)24(28)43)47-8-17-20(39)23(42)26(45)33(51-17)53-30-21(40)18-15(37)6-12(34)7-16(18)50-29(30)11-3-4-13(35)14(36)5-11/h3-7,9-10,17,19-20,22-28,31-39,41-46H,8H2,1-2H3/t9-,10-,17+,19-,20+,22-,23-,24+,25-,26+,27+,28-,31+,32-,33-/m0/s1. The summed E-state index contributed by atoms with van der Waals surface area (Å²) in [5.74, 6) is -3.50. The van der Waals surface area contributed by atoms with Crippen LogP contribution in [0, 0.1) is 0 Å². The van der Waals surface area contributed by atoms with Crippen molar-refractivity contribution in [1.82, 2.24) is 0 Å². The van der Waals surface area contributed by atoms with Crippen LogP contribution in [-0.2, 0) is 23.7 Å². The van der Waals surface area contributed by atoms with Crippen molar-refractivity contribution in [1.29, 1.82) is 0 Å². The van der Waals surface area contributed by atoms with Crippen LogP contribution in [0.15, 0.2) is 39.5 Å². The van der Waals surface area contributed by atoms with Crippen LogP contribution in [0.25, 0.3) is 22.3 Å². The average molecular weight is 757 g/mol. The van der Waals surface area contributed by atoms with E-state index >= 15 is 0 Å². The molecule has 0 bridgehead atoms. The van der Waals surface area contributed by atoms with Crippen LogP contribution in [0.3, 0.4) is 0 Å². The number of aliphatic hydroxyl groups is 8. The lowest BCUT2D eigenvalue weighted by Crippen LogP contribution is -2.63. The monoisotopic (exact) mass is 756 g/mol. The zero-order valence-corrected chi connectivity index (χ0v) is 27.9. The van der Waals surface area contributed by atoms with Gasteiger partial charge < -0.3 is 94.1 Å². The molecule has 0 saturated carbocycles. The van der Waals surface area contributed by atoms with Gasteiger partial charge in [-0.15, -0.1) is 0 Å². The van der Waals surface area contributed by atoms with Crippen molar-refractivity contribution in [2.75, 3.05) is 6.61 Å². The number of hydrogen-bond acceptors (Lipinski definition) is 20. The minimum Gasteiger partial charge on any atom is -0.508 e. The summed E-state index contributed by atoms with van der Waals surface area (Å²) in [5, 5.41) is 124. The highest BCUT2D eigenvalue weighted by atomic mass is 16.7. The Balaban J connectivity index is 1.20. The van der Waals surface area contributed by atoms with Gasteiger partial charge in [0.05, 0.1) is 18.8 Å². The molecule has 292 valence electrons. The van der Waals surface area contributed by atoms with Gasteiger partial charge in [0.1, 0.15) is 83.5 Å². The van der Waals surface area contributed by atoms with Gasteiger partial charge >= 0.3 is 0 Å². The number of phenols is 4. The summed E-state index contributed by atoms with van der Waals surface area (Å²) in [4.78, 5) is 13.7. The van der Waals surface area contributed by atoms with Crippen LogP contribution >= 0.6 is 0 Å². The highest BCUT2D eigenvalue weighted by molar-refractivity contribution is 5.88. The normalized spacial score (nSPS) is 37.8. The van der Waals surface area contributed by atoms with Crippen molar-refractivity contribution in [3.63, 3.8) is 0 Å². The molecule has 3 fully saturated rings. The number of aliphatic hydroxyl groups excluding tert-OH is 8. The van der Waals surface area contributed by atoms with Gasteiger partial charge in [-0.05, 0) is 32.0 Å². The first-order valence-corrected chi connectivity index (χ1v) is 16.4. The summed E-state index contributed by atoms with van der Waals surface area (Å²) in [6, 6.07) is 5.16. The number of fused-ring (bicyclic) bond motifs is 1. The molecule has 6 rings (SSSR count). The molecule has 3 saturated heterocycles. The number of benzene rings is 2. The van der Waals surface area contributed by atoms with Gasteiger partial charge in [-0.25, -0.2) is 0 Å². The Morgan fingerprint density at radius 1 is 0.642 bits per heavy atom. The molecule has 3 aromatic rings. The molecule has 20 heteroatoms. The lowest BCUT2D eigenvalue weighted by atomic mass is 9.97. The van der Waals surface area contributed by atoms with Gasteiger partial charge in [0.25, 0.3) is 0 Å².